The number of hydrogen-bond acceptors (Lipinski definition) is 4. The molecule has 0 aliphatic carbocycles. The summed E-state index contributed by atoms with van der Waals surface area (Å²) in [5.41, 5.74) is -0.497. The van der Waals surface area contributed by atoms with Crippen molar-refractivity contribution < 1.29 is 14.6 Å². The van der Waals surface area contributed by atoms with Gasteiger partial charge in [-0.2, -0.15) is 0 Å². The van der Waals surface area contributed by atoms with Crippen LogP contribution in [-0.4, -0.2) is 54.5 Å². The number of ether oxygens (including phenoxy) is 1. The molecule has 1 fully saturated rings. The van der Waals surface area contributed by atoms with Crippen molar-refractivity contribution in [1.82, 2.24) is 10.2 Å². The van der Waals surface area contributed by atoms with E-state index < -0.39 is 17.8 Å². The van der Waals surface area contributed by atoms with Gasteiger partial charge < -0.3 is 20.1 Å². The van der Waals surface area contributed by atoms with Gasteiger partial charge >= 0.3 is 6.09 Å². The van der Waals surface area contributed by atoms with Crippen molar-refractivity contribution in [3.8, 4) is 0 Å². The fourth-order valence-electron chi connectivity index (χ4n) is 2.08. The monoisotopic (exact) mass is 258 g/mol. The third-order valence-electron chi connectivity index (χ3n) is 3.16. The summed E-state index contributed by atoms with van der Waals surface area (Å²) < 4.78 is 5.12. The topological polar surface area (TPSA) is 61.8 Å². The second kappa shape index (κ2) is 6.38. The van der Waals surface area contributed by atoms with Crippen molar-refractivity contribution in [3.63, 3.8) is 0 Å². The molecule has 1 saturated heterocycles. The van der Waals surface area contributed by atoms with Gasteiger partial charge in [0.1, 0.15) is 5.60 Å². The van der Waals surface area contributed by atoms with Crippen molar-refractivity contribution >= 4 is 6.09 Å². The highest BCUT2D eigenvalue weighted by Gasteiger charge is 2.24. The molecule has 1 rings (SSSR count). The molecule has 5 heteroatoms. The van der Waals surface area contributed by atoms with Crippen LogP contribution in [0, 0.1) is 5.92 Å². The van der Waals surface area contributed by atoms with Gasteiger partial charge in [0.25, 0.3) is 0 Å². The molecule has 1 atom stereocenters. The zero-order valence-corrected chi connectivity index (χ0v) is 11.9. The summed E-state index contributed by atoms with van der Waals surface area (Å²) in [5.74, 6) is 0.274. The molecule has 0 bridgehead atoms. The summed E-state index contributed by atoms with van der Waals surface area (Å²) in [6.07, 6.45) is 1.02. The van der Waals surface area contributed by atoms with E-state index in [1.54, 1.807) is 0 Å². The largest absolute Gasteiger partial charge is 0.444 e. The maximum Gasteiger partial charge on any atom is 0.407 e. The molecular formula is C13H26N2O3. The van der Waals surface area contributed by atoms with Gasteiger partial charge in [-0.3, -0.25) is 0 Å². The minimum atomic E-state index is -0.497. The van der Waals surface area contributed by atoms with Gasteiger partial charge in [-0.05, 0) is 59.7 Å². The van der Waals surface area contributed by atoms with Gasteiger partial charge in [0.2, 0.25) is 0 Å². The Morgan fingerprint density at radius 1 is 1.44 bits per heavy atom. The summed E-state index contributed by atoms with van der Waals surface area (Å²) in [5, 5.41) is 12.6. The van der Waals surface area contributed by atoms with E-state index in [-0.39, 0.29) is 12.5 Å². The van der Waals surface area contributed by atoms with Gasteiger partial charge in [-0.15, -0.1) is 0 Å². The van der Waals surface area contributed by atoms with E-state index in [0.717, 1.165) is 25.9 Å². The standard InChI is InChI=1S/C13H26N2O3/c1-13(2,3)18-12(17)14-9-11(16)10-5-7-15(4)8-6-10/h10-11,16H,5-9H2,1-4H3,(H,14,17). The van der Waals surface area contributed by atoms with Crippen LogP contribution in [0.25, 0.3) is 0 Å². The summed E-state index contributed by atoms with van der Waals surface area (Å²) >= 11 is 0. The number of carbonyl (C=O) groups excluding carboxylic acids is 1. The van der Waals surface area contributed by atoms with Crippen molar-refractivity contribution in [3.05, 3.63) is 0 Å². The summed E-state index contributed by atoms with van der Waals surface area (Å²) in [6.45, 7) is 7.74. The molecule has 0 radical (unpaired) electrons. The Labute approximate surface area is 109 Å². The third kappa shape index (κ3) is 5.69. The molecule has 1 heterocycles. The number of carbonyl (C=O) groups is 1. The minimum absolute atomic E-state index is 0.267. The number of aliphatic hydroxyl groups excluding tert-OH is 1. The first-order valence-corrected chi connectivity index (χ1v) is 6.61. The predicted octanol–water partition coefficient (Wildman–Crippen LogP) is 1.21. The molecule has 106 valence electrons. The fraction of sp³-hybridized carbons (Fsp3) is 0.923. The van der Waals surface area contributed by atoms with Gasteiger partial charge in [-0.1, -0.05) is 0 Å². The number of nitrogens with one attached hydrogen (secondary N) is 1. The van der Waals surface area contributed by atoms with Crippen LogP contribution in [0.2, 0.25) is 0 Å². The molecule has 0 aromatic carbocycles. The fourth-order valence-corrected chi connectivity index (χ4v) is 2.08. The lowest BCUT2D eigenvalue weighted by Crippen LogP contribution is -2.42. The average Bonchev–Trinajstić information content (AvgIpc) is 2.24. The molecule has 0 saturated carbocycles. The lowest BCUT2D eigenvalue weighted by Gasteiger charge is -2.32. The maximum absolute atomic E-state index is 11.4. The van der Waals surface area contributed by atoms with Crippen LogP contribution in [0.1, 0.15) is 33.6 Å². The molecular weight excluding hydrogens is 232 g/mol. The smallest absolute Gasteiger partial charge is 0.407 e. The second-order valence-electron chi connectivity index (χ2n) is 6.09. The molecule has 0 aromatic heterocycles. The highest BCUT2D eigenvalue weighted by molar-refractivity contribution is 5.67. The Morgan fingerprint density at radius 2 is 2.00 bits per heavy atom. The van der Waals surface area contributed by atoms with E-state index >= 15 is 0 Å². The van der Waals surface area contributed by atoms with E-state index in [9.17, 15) is 9.90 Å². The van der Waals surface area contributed by atoms with E-state index in [2.05, 4.69) is 17.3 Å². The number of alkyl carbamates (subject to hydrolysis) is 1. The number of rotatable bonds is 3. The number of hydrogen-bond donors (Lipinski definition) is 2. The quantitative estimate of drug-likeness (QED) is 0.799. The van der Waals surface area contributed by atoms with E-state index in [0.29, 0.717) is 0 Å². The van der Waals surface area contributed by atoms with E-state index in [1.165, 1.54) is 0 Å². The highest BCUT2D eigenvalue weighted by atomic mass is 16.6. The van der Waals surface area contributed by atoms with Gasteiger partial charge in [0.15, 0.2) is 0 Å². The lowest BCUT2D eigenvalue weighted by atomic mass is 9.91. The molecule has 1 amide bonds. The van der Waals surface area contributed by atoms with Gasteiger partial charge in [0, 0.05) is 6.54 Å². The summed E-state index contributed by atoms with van der Waals surface area (Å²) in [7, 11) is 2.08. The van der Waals surface area contributed by atoms with Crippen molar-refractivity contribution in [2.24, 2.45) is 5.92 Å². The molecule has 1 aliphatic heterocycles. The summed E-state index contributed by atoms with van der Waals surface area (Å²) in [4.78, 5) is 13.7. The van der Waals surface area contributed by atoms with E-state index in [1.807, 2.05) is 20.8 Å². The minimum Gasteiger partial charge on any atom is -0.444 e. The molecule has 5 nitrogen and oxygen atoms in total. The zero-order chi connectivity index (χ0) is 13.8. The Bertz CT molecular complexity index is 268. The first-order valence-electron chi connectivity index (χ1n) is 6.61. The normalized spacial score (nSPS) is 20.5. The Morgan fingerprint density at radius 3 is 2.50 bits per heavy atom. The lowest BCUT2D eigenvalue weighted by molar-refractivity contribution is 0.0390. The molecule has 0 aromatic rings. The molecule has 1 aliphatic rings. The van der Waals surface area contributed by atoms with Crippen molar-refractivity contribution in [2.45, 2.75) is 45.3 Å². The molecule has 2 N–H and O–H groups in total. The van der Waals surface area contributed by atoms with Crippen molar-refractivity contribution in [1.29, 1.82) is 0 Å². The maximum atomic E-state index is 11.4. The van der Waals surface area contributed by atoms with E-state index in [4.69, 9.17) is 4.74 Å². The molecule has 0 spiro atoms. The molecule has 18 heavy (non-hydrogen) atoms. The van der Waals surface area contributed by atoms with Gasteiger partial charge in [0.05, 0.1) is 6.10 Å². The van der Waals surface area contributed by atoms with Gasteiger partial charge in [-0.25, -0.2) is 4.79 Å². The van der Waals surface area contributed by atoms with Crippen LogP contribution in [0.4, 0.5) is 4.79 Å². The third-order valence-corrected chi connectivity index (χ3v) is 3.16. The highest BCUT2D eigenvalue weighted by Crippen LogP contribution is 2.19. The number of amides is 1. The number of piperidine rings is 1. The Balaban J connectivity index is 2.24. The van der Waals surface area contributed by atoms with Crippen LogP contribution in [0.3, 0.4) is 0 Å². The average molecular weight is 258 g/mol. The first-order chi connectivity index (χ1) is 8.28. The zero-order valence-electron chi connectivity index (χ0n) is 11.9. The number of likely N-dealkylation sites (tertiary alicyclic amines) is 1. The second-order valence-corrected chi connectivity index (χ2v) is 6.09. The first kappa shape index (κ1) is 15.2. The van der Waals surface area contributed by atoms with Crippen LogP contribution in [-0.2, 0) is 4.74 Å². The predicted molar refractivity (Wildman–Crippen MR) is 70.5 cm³/mol. The summed E-state index contributed by atoms with van der Waals surface area (Å²) in [6, 6.07) is 0. The van der Waals surface area contributed by atoms with Crippen LogP contribution in [0.15, 0.2) is 0 Å². The number of nitrogens with zero attached hydrogens (tertiary/aromatic N) is 1. The number of aliphatic hydroxyl groups is 1. The SMILES string of the molecule is CN1CCC(C(O)CNC(=O)OC(C)(C)C)CC1. The van der Waals surface area contributed by atoms with Crippen LogP contribution >= 0.6 is 0 Å². The molecule has 1 unspecified atom stereocenters. The van der Waals surface area contributed by atoms with Crippen LogP contribution in [0.5, 0.6) is 0 Å². The van der Waals surface area contributed by atoms with Crippen LogP contribution < -0.4 is 5.32 Å². The Kier molecular flexibility index (Phi) is 5.41. The van der Waals surface area contributed by atoms with Crippen molar-refractivity contribution in [2.75, 3.05) is 26.7 Å². The Hall–Kier alpha value is -0.810.